The molecule has 9 heteroatoms. The first-order valence-corrected chi connectivity index (χ1v) is 12.2. The van der Waals surface area contributed by atoms with Crippen molar-refractivity contribution in [1.29, 1.82) is 5.26 Å². The fraction of sp³-hybridized carbons (Fsp3) is 0.240. The van der Waals surface area contributed by atoms with E-state index in [9.17, 15) is 18.0 Å². The fourth-order valence-electron chi connectivity index (χ4n) is 3.81. The quantitative estimate of drug-likeness (QED) is 0.428. The highest BCUT2D eigenvalue weighted by atomic mass is 32.2. The van der Waals surface area contributed by atoms with Crippen LogP contribution in [0.2, 0.25) is 0 Å². The topological polar surface area (TPSA) is 117 Å². The van der Waals surface area contributed by atoms with Crippen LogP contribution in [0.15, 0.2) is 54.6 Å². The molecule has 4 rings (SSSR count). The maximum atomic E-state index is 12.9. The summed E-state index contributed by atoms with van der Waals surface area (Å²) < 4.78 is 33.7. The second kappa shape index (κ2) is 9.15. The monoisotopic (exact) mass is 477 g/mol. The van der Waals surface area contributed by atoms with Crippen molar-refractivity contribution >= 4 is 38.5 Å². The van der Waals surface area contributed by atoms with Gasteiger partial charge >= 0.3 is 16.2 Å². The van der Waals surface area contributed by atoms with Gasteiger partial charge in [0.15, 0.2) is 5.75 Å². The van der Waals surface area contributed by atoms with Crippen molar-refractivity contribution in [1.82, 2.24) is 4.72 Å². The van der Waals surface area contributed by atoms with Gasteiger partial charge in [0.05, 0.1) is 17.3 Å². The molecule has 0 saturated carbocycles. The number of amides is 1. The summed E-state index contributed by atoms with van der Waals surface area (Å²) in [6.45, 7) is 3.22. The van der Waals surface area contributed by atoms with Crippen LogP contribution in [0, 0.1) is 24.2 Å². The van der Waals surface area contributed by atoms with Crippen molar-refractivity contribution in [3.8, 4) is 11.8 Å². The highest BCUT2D eigenvalue weighted by Crippen LogP contribution is 2.37. The fourth-order valence-corrected chi connectivity index (χ4v) is 4.96. The van der Waals surface area contributed by atoms with Crippen molar-refractivity contribution in [2.24, 2.45) is 5.92 Å². The zero-order valence-corrected chi connectivity index (χ0v) is 19.6. The molecule has 34 heavy (non-hydrogen) atoms. The first-order valence-electron chi connectivity index (χ1n) is 10.8. The molecule has 0 radical (unpaired) electrons. The third kappa shape index (κ3) is 4.72. The van der Waals surface area contributed by atoms with E-state index >= 15 is 0 Å². The predicted molar refractivity (Wildman–Crippen MR) is 128 cm³/mol. The lowest BCUT2D eigenvalue weighted by Gasteiger charge is -2.20. The van der Waals surface area contributed by atoms with E-state index in [-0.39, 0.29) is 17.4 Å². The third-order valence-corrected chi connectivity index (χ3v) is 7.12. The predicted octanol–water partition coefficient (Wildman–Crippen LogP) is 3.64. The van der Waals surface area contributed by atoms with Gasteiger partial charge in [-0.1, -0.05) is 36.4 Å². The van der Waals surface area contributed by atoms with E-state index in [2.05, 4.69) is 6.07 Å². The van der Waals surface area contributed by atoms with Crippen molar-refractivity contribution in [3.05, 3.63) is 71.3 Å². The molecular formula is C25H23N3O5S. The van der Waals surface area contributed by atoms with E-state index in [1.807, 2.05) is 29.8 Å². The summed E-state index contributed by atoms with van der Waals surface area (Å²) in [5, 5.41) is 10.5. The van der Waals surface area contributed by atoms with Crippen LogP contribution in [0.4, 0.5) is 5.69 Å². The molecule has 1 amide bonds. The summed E-state index contributed by atoms with van der Waals surface area (Å²) in [4.78, 5) is 24.8. The van der Waals surface area contributed by atoms with Crippen LogP contribution in [0.25, 0.3) is 10.8 Å². The molecule has 1 aliphatic heterocycles. The number of esters is 1. The van der Waals surface area contributed by atoms with Gasteiger partial charge in [0.1, 0.15) is 6.54 Å². The van der Waals surface area contributed by atoms with Crippen molar-refractivity contribution in [2.45, 2.75) is 26.7 Å². The third-order valence-electron chi connectivity index (χ3n) is 5.73. The number of benzene rings is 3. The van der Waals surface area contributed by atoms with Crippen molar-refractivity contribution in [3.63, 3.8) is 0 Å². The van der Waals surface area contributed by atoms with Gasteiger partial charge in [-0.3, -0.25) is 4.79 Å². The number of anilines is 1. The van der Waals surface area contributed by atoms with E-state index in [1.165, 1.54) is 0 Å². The lowest BCUT2D eigenvalue weighted by Crippen LogP contribution is -2.30. The van der Waals surface area contributed by atoms with Gasteiger partial charge in [0.25, 0.3) is 5.91 Å². The van der Waals surface area contributed by atoms with E-state index in [1.54, 1.807) is 43.3 Å². The SMILES string of the molecule is Cc1ccccc1C(=O)Oc1cc2ccc(CCC(C)C#N)cc2cc1N1CC(=O)NS1(=O)=O. The first-order chi connectivity index (χ1) is 16.2. The van der Waals surface area contributed by atoms with Gasteiger partial charge in [0, 0.05) is 5.92 Å². The Balaban J connectivity index is 1.78. The summed E-state index contributed by atoms with van der Waals surface area (Å²) >= 11 is 0. The Morgan fingerprint density at radius 3 is 2.62 bits per heavy atom. The zero-order chi connectivity index (χ0) is 24.5. The molecule has 1 aliphatic rings. The Labute approximate surface area is 197 Å². The number of nitrogens with zero attached hydrogens (tertiary/aromatic N) is 2. The Bertz CT molecular complexity index is 1440. The highest BCUT2D eigenvalue weighted by molar-refractivity contribution is 7.92. The minimum Gasteiger partial charge on any atom is -0.421 e. The summed E-state index contributed by atoms with van der Waals surface area (Å²) in [5.74, 6) is -1.35. The number of aryl methyl sites for hydroxylation is 2. The molecule has 1 unspecified atom stereocenters. The van der Waals surface area contributed by atoms with Crippen molar-refractivity contribution in [2.75, 3.05) is 10.8 Å². The normalized spacial score (nSPS) is 15.6. The van der Waals surface area contributed by atoms with Crippen LogP contribution < -0.4 is 13.8 Å². The minimum atomic E-state index is -4.12. The highest BCUT2D eigenvalue weighted by Gasteiger charge is 2.36. The minimum absolute atomic E-state index is 0.0340. The molecule has 1 atom stereocenters. The smallest absolute Gasteiger partial charge is 0.343 e. The Hall–Kier alpha value is -3.90. The second-order valence-electron chi connectivity index (χ2n) is 8.31. The number of fused-ring (bicyclic) bond motifs is 1. The number of hydrogen-bond donors (Lipinski definition) is 1. The standard InChI is InChI=1S/C25H23N3O5S/c1-16(14-26)7-8-18-9-10-19-13-23(33-25(30)21-6-4-3-5-17(21)2)22(12-20(19)11-18)28-15-24(29)27-34(28,31)32/h3-6,9-13,16H,7-8,15H2,1-2H3,(H,27,29). The molecule has 0 aliphatic carbocycles. The lowest BCUT2D eigenvalue weighted by molar-refractivity contribution is -0.117. The molecule has 3 aromatic carbocycles. The average molecular weight is 478 g/mol. The Morgan fingerprint density at radius 2 is 1.94 bits per heavy atom. The van der Waals surface area contributed by atoms with Gasteiger partial charge in [-0.15, -0.1) is 0 Å². The molecule has 0 bridgehead atoms. The van der Waals surface area contributed by atoms with E-state index in [0.717, 1.165) is 26.2 Å². The number of nitriles is 1. The van der Waals surface area contributed by atoms with Crippen LogP contribution in [0.5, 0.6) is 5.75 Å². The number of carbonyl (C=O) groups is 2. The first kappa shape index (κ1) is 23.3. The summed E-state index contributed by atoms with van der Waals surface area (Å²) in [7, 11) is -4.12. The van der Waals surface area contributed by atoms with Crippen LogP contribution in [-0.4, -0.2) is 26.8 Å². The largest absolute Gasteiger partial charge is 0.421 e. The van der Waals surface area contributed by atoms with Crippen molar-refractivity contribution < 1.29 is 22.7 Å². The Kier molecular flexibility index (Phi) is 6.26. The molecule has 0 aromatic heterocycles. The molecule has 3 aromatic rings. The van der Waals surface area contributed by atoms with Gasteiger partial charge in [-0.2, -0.15) is 13.7 Å². The number of hydrogen-bond acceptors (Lipinski definition) is 6. The van der Waals surface area contributed by atoms with E-state index < -0.39 is 28.6 Å². The Morgan fingerprint density at radius 1 is 1.18 bits per heavy atom. The maximum absolute atomic E-state index is 12.9. The van der Waals surface area contributed by atoms with Gasteiger partial charge in [0.2, 0.25) is 0 Å². The maximum Gasteiger partial charge on any atom is 0.343 e. The van der Waals surface area contributed by atoms with Gasteiger partial charge in [-0.05, 0) is 66.8 Å². The second-order valence-corrected chi connectivity index (χ2v) is 9.91. The molecule has 174 valence electrons. The van der Waals surface area contributed by atoms with E-state index in [4.69, 9.17) is 10.00 Å². The van der Waals surface area contributed by atoms with Gasteiger partial charge < -0.3 is 4.74 Å². The molecule has 8 nitrogen and oxygen atoms in total. The van der Waals surface area contributed by atoms with Crippen LogP contribution in [-0.2, 0) is 21.4 Å². The van der Waals surface area contributed by atoms with Gasteiger partial charge in [-0.25, -0.2) is 13.8 Å². The summed E-state index contributed by atoms with van der Waals surface area (Å²) in [5.41, 5.74) is 2.16. The van der Waals surface area contributed by atoms with Crippen LogP contribution in [0.1, 0.15) is 34.8 Å². The number of rotatable bonds is 6. The molecule has 1 saturated heterocycles. The zero-order valence-electron chi connectivity index (χ0n) is 18.7. The van der Waals surface area contributed by atoms with Crippen LogP contribution in [0.3, 0.4) is 0 Å². The van der Waals surface area contributed by atoms with E-state index in [0.29, 0.717) is 18.4 Å². The molecule has 1 fully saturated rings. The molecular weight excluding hydrogens is 454 g/mol. The average Bonchev–Trinajstić information content (AvgIpc) is 3.08. The van der Waals surface area contributed by atoms with Crippen LogP contribution >= 0.6 is 0 Å². The number of carbonyl (C=O) groups excluding carboxylic acids is 2. The molecule has 1 heterocycles. The number of ether oxygens (including phenoxy) is 1. The molecule has 1 N–H and O–H groups in total. The number of nitrogens with one attached hydrogen (secondary N) is 1. The summed E-state index contributed by atoms with van der Waals surface area (Å²) in [6.07, 6.45) is 1.38. The summed E-state index contributed by atoms with van der Waals surface area (Å²) in [6, 6.07) is 18.0. The molecule has 0 spiro atoms. The lowest BCUT2D eigenvalue weighted by atomic mass is 9.99.